The summed E-state index contributed by atoms with van der Waals surface area (Å²) in [6.45, 7) is 6.16. The van der Waals surface area contributed by atoms with Gasteiger partial charge in [-0.05, 0) is 237 Å². The Bertz CT molecular complexity index is 6950. The summed E-state index contributed by atoms with van der Waals surface area (Å²) < 4.78 is 25.9. The SMILES string of the molecule is Cc1nc2cccc3c2n1-c1ccc(-c2ccc4c5c(cccc25)-c2ccccc2-4)cc1O3.Cc1nc2cccc3c2n1-c1ccc(-c2ccc4c5cccc6cccc(c7cccc2c74)c65)cc1O3.Cc1nc2cccc3c2n1-c1ccc(C2=C4C=CC=C5C=CC6=C(C(=C2)CC=C6)C54)cc1O3. The van der Waals surface area contributed by atoms with Crippen LogP contribution in [0.25, 0.3) is 154 Å². The summed E-state index contributed by atoms with van der Waals surface area (Å²) in [6.07, 6.45) is 19.2. The van der Waals surface area contributed by atoms with Gasteiger partial charge in [0.25, 0.3) is 0 Å². The fourth-order valence-corrected chi connectivity index (χ4v) is 18.3. The molecule has 25 rings (SSSR count). The van der Waals surface area contributed by atoms with Crippen LogP contribution in [0.2, 0.25) is 0 Å². The number of ether oxygens (including phenoxy) is 3. The van der Waals surface area contributed by atoms with Crippen LogP contribution < -0.4 is 14.2 Å². The van der Waals surface area contributed by atoms with Crippen molar-refractivity contribution in [2.75, 3.05) is 0 Å². The molecule has 482 valence electrons. The number of rotatable bonds is 3. The molecule has 0 N–H and O–H groups in total. The molecule has 0 fully saturated rings. The van der Waals surface area contributed by atoms with Crippen molar-refractivity contribution in [2.45, 2.75) is 27.2 Å². The first-order valence-corrected chi connectivity index (χ1v) is 35.4. The van der Waals surface area contributed by atoms with Crippen LogP contribution in [-0.2, 0) is 0 Å². The second-order valence-electron chi connectivity index (χ2n) is 28.0. The fourth-order valence-electron chi connectivity index (χ4n) is 18.3. The van der Waals surface area contributed by atoms with Crippen molar-refractivity contribution in [2.24, 2.45) is 5.92 Å². The van der Waals surface area contributed by atoms with E-state index in [-0.39, 0.29) is 0 Å². The average molecular weight is 1320 g/mol. The quantitative estimate of drug-likeness (QED) is 0.130. The van der Waals surface area contributed by atoms with Crippen molar-refractivity contribution in [3.8, 4) is 96.1 Å². The van der Waals surface area contributed by atoms with Crippen molar-refractivity contribution in [1.29, 1.82) is 0 Å². The number of fused-ring (bicyclic) bond motifs is 11. The predicted molar refractivity (Wildman–Crippen MR) is 417 cm³/mol. The lowest BCUT2D eigenvalue weighted by Gasteiger charge is -2.37. The molecule has 9 heteroatoms. The number of nitrogens with zero attached hydrogens (tertiary/aromatic N) is 6. The van der Waals surface area contributed by atoms with E-state index in [0.717, 1.165) is 120 Å². The molecular weight excluding hydrogens is 1260 g/mol. The maximum Gasteiger partial charge on any atom is 0.153 e. The summed E-state index contributed by atoms with van der Waals surface area (Å²) >= 11 is 0. The zero-order valence-corrected chi connectivity index (χ0v) is 56.3. The predicted octanol–water partition coefficient (Wildman–Crippen LogP) is 24.1. The Balaban J connectivity index is 0.0000000950. The van der Waals surface area contributed by atoms with Gasteiger partial charge < -0.3 is 14.2 Å². The molecule has 0 spiro atoms. The molecular formula is C94H58N6O3. The number of benzene rings is 14. The number of para-hydroxylation sites is 3. The van der Waals surface area contributed by atoms with Gasteiger partial charge in [-0.15, -0.1) is 0 Å². The van der Waals surface area contributed by atoms with Crippen molar-refractivity contribution in [1.82, 2.24) is 28.7 Å². The van der Waals surface area contributed by atoms with Crippen LogP contribution in [0.5, 0.6) is 34.5 Å². The molecule has 9 nitrogen and oxygen atoms in total. The number of hydrogen-bond donors (Lipinski definition) is 0. The molecule has 0 saturated heterocycles. The Labute approximate surface area is 591 Å². The van der Waals surface area contributed by atoms with E-state index in [0.29, 0.717) is 5.92 Å². The molecule has 3 aliphatic heterocycles. The standard InChI is InChI=1S/C34H20N2O.C30H20N2O.C30H18N2O/c1-19-35-28-12-5-13-30-34(28)36(19)29-17-14-21(18-31(29)37-30)22-15-16-27-25-9-3-7-20-6-2-8-24(32(20)25)26-11-4-10-23(22)33(26)27;1-17-31-24-9-4-10-26-30(24)32(17)25-14-13-20(16-27(25)33-26)23-15-21-7-2-5-18-11-12-19-6-3-8-22(23)29(19)28(18)21;1-17-31-25-10-5-11-27-30(25)32(17)26-15-12-18(16-28(26)33-27)19-13-14-24-21-7-3-2-6-20(21)23-9-4-8-22(19)29(23)24/h2-18H,1H3;2-6,8-16,29H,7H2,1H3;2-16H,1H3. The highest BCUT2D eigenvalue weighted by atomic mass is 16.5. The molecule has 0 amide bonds. The average Bonchev–Trinajstić information content (AvgIpc) is 1.70. The molecule has 5 aliphatic carbocycles. The van der Waals surface area contributed by atoms with E-state index in [2.05, 4.69) is 252 Å². The molecule has 103 heavy (non-hydrogen) atoms. The monoisotopic (exact) mass is 1320 g/mol. The molecule has 1 atom stereocenters. The lowest BCUT2D eigenvalue weighted by atomic mass is 9.66. The maximum atomic E-state index is 6.44. The first-order valence-electron chi connectivity index (χ1n) is 35.4. The van der Waals surface area contributed by atoms with Gasteiger partial charge in [0.1, 0.15) is 34.0 Å². The second kappa shape index (κ2) is 20.9. The van der Waals surface area contributed by atoms with Crippen molar-refractivity contribution < 1.29 is 14.2 Å². The number of aromatic nitrogens is 6. The molecule has 14 aromatic carbocycles. The Hall–Kier alpha value is -13.4. The van der Waals surface area contributed by atoms with Crippen LogP contribution in [0.1, 0.15) is 29.5 Å². The van der Waals surface area contributed by atoms with Crippen LogP contribution in [-0.4, -0.2) is 28.7 Å². The summed E-state index contributed by atoms with van der Waals surface area (Å²) in [5.74, 6) is 8.41. The van der Waals surface area contributed by atoms with Gasteiger partial charge in [-0.25, -0.2) is 15.0 Å². The largest absolute Gasteiger partial charge is 0.453 e. The minimum absolute atomic E-state index is 0.322. The maximum absolute atomic E-state index is 6.44. The van der Waals surface area contributed by atoms with Gasteiger partial charge >= 0.3 is 0 Å². The molecule has 0 bridgehead atoms. The molecule has 1 unspecified atom stereocenters. The Morgan fingerprint density at radius 2 is 0.835 bits per heavy atom. The Kier molecular flexibility index (Phi) is 11.4. The van der Waals surface area contributed by atoms with Crippen molar-refractivity contribution >= 4 is 92.5 Å². The summed E-state index contributed by atoms with van der Waals surface area (Å²) in [6, 6.07) is 82.3. The van der Waals surface area contributed by atoms with Gasteiger partial charge in [0.05, 0.1) is 33.6 Å². The lowest BCUT2D eigenvalue weighted by molar-refractivity contribution is 0.474. The summed E-state index contributed by atoms with van der Waals surface area (Å²) in [5, 5.41) is 13.1. The van der Waals surface area contributed by atoms with Crippen molar-refractivity contribution in [3.63, 3.8) is 0 Å². The Morgan fingerprint density at radius 1 is 0.369 bits per heavy atom. The van der Waals surface area contributed by atoms with Crippen LogP contribution >= 0.6 is 0 Å². The van der Waals surface area contributed by atoms with Gasteiger partial charge in [-0.3, -0.25) is 13.7 Å². The molecule has 0 saturated carbocycles. The zero-order valence-electron chi connectivity index (χ0n) is 56.3. The van der Waals surface area contributed by atoms with Crippen LogP contribution in [0.3, 0.4) is 0 Å². The lowest BCUT2D eigenvalue weighted by Crippen LogP contribution is -2.22. The minimum atomic E-state index is 0.322. The third-order valence-electron chi connectivity index (χ3n) is 22.6. The minimum Gasteiger partial charge on any atom is -0.453 e. The summed E-state index contributed by atoms with van der Waals surface area (Å²) in [7, 11) is 0. The second-order valence-corrected chi connectivity index (χ2v) is 28.0. The summed E-state index contributed by atoms with van der Waals surface area (Å²) in [4.78, 5) is 14.2. The van der Waals surface area contributed by atoms with Gasteiger partial charge in [0.15, 0.2) is 34.5 Å². The molecule has 3 aromatic heterocycles. The third-order valence-corrected chi connectivity index (χ3v) is 22.6. The van der Waals surface area contributed by atoms with E-state index < -0.39 is 0 Å². The fraction of sp³-hybridized carbons (Fsp3) is 0.0532. The van der Waals surface area contributed by atoms with Crippen LogP contribution in [0.15, 0.2) is 307 Å². The topological polar surface area (TPSA) is 81.1 Å². The van der Waals surface area contributed by atoms with Gasteiger partial charge in [0.2, 0.25) is 0 Å². The van der Waals surface area contributed by atoms with Gasteiger partial charge in [-0.2, -0.15) is 0 Å². The first-order chi connectivity index (χ1) is 50.8. The number of imidazole rings is 3. The highest BCUT2D eigenvalue weighted by molar-refractivity contribution is 6.34. The molecule has 0 radical (unpaired) electrons. The third kappa shape index (κ3) is 7.93. The number of aryl methyl sites for hydroxylation is 3. The number of allylic oxidation sites excluding steroid dienone is 14. The van der Waals surface area contributed by atoms with Gasteiger partial charge in [0, 0.05) is 5.92 Å². The van der Waals surface area contributed by atoms with E-state index in [4.69, 9.17) is 29.2 Å². The van der Waals surface area contributed by atoms with E-state index in [9.17, 15) is 0 Å². The van der Waals surface area contributed by atoms with Crippen LogP contribution in [0.4, 0.5) is 0 Å². The zero-order chi connectivity index (χ0) is 67.6. The van der Waals surface area contributed by atoms with E-state index in [1.54, 1.807) is 0 Å². The summed E-state index contributed by atoms with van der Waals surface area (Å²) in [5.41, 5.74) is 28.7. The van der Waals surface area contributed by atoms with E-state index >= 15 is 0 Å². The first kappa shape index (κ1) is 56.5. The van der Waals surface area contributed by atoms with Crippen molar-refractivity contribution in [3.05, 3.63) is 330 Å². The highest BCUT2D eigenvalue weighted by Crippen LogP contribution is 2.55. The van der Waals surface area contributed by atoms with E-state index in [1.165, 1.54) is 126 Å². The molecule has 8 aliphatic rings. The van der Waals surface area contributed by atoms with E-state index in [1.807, 2.05) is 61.5 Å². The van der Waals surface area contributed by atoms with Crippen LogP contribution in [0, 0.1) is 26.7 Å². The molecule has 17 aromatic rings. The normalized spacial score (nSPS) is 15.3. The highest BCUT2D eigenvalue weighted by Gasteiger charge is 2.36. The smallest absolute Gasteiger partial charge is 0.153 e. The number of hydrogen-bond acceptors (Lipinski definition) is 6. The van der Waals surface area contributed by atoms with Gasteiger partial charge in [-0.1, -0.05) is 206 Å². The molecule has 6 heterocycles. The Morgan fingerprint density at radius 3 is 1.43 bits per heavy atom.